The van der Waals surface area contributed by atoms with Gasteiger partial charge in [0.2, 0.25) is 0 Å². The van der Waals surface area contributed by atoms with Crippen LogP contribution in [0.4, 0.5) is 4.39 Å². The van der Waals surface area contributed by atoms with Crippen molar-refractivity contribution in [2.75, 3.05) is 13.1 Å². The molecule has 2 nitrogen and oxygen atoms in total. The van der Waals surface area contributed by atoms with Crippen LogP contribution in [0.1, 0.15) is 38.2 Å². The van der Waals surface area contributed by atoms with Gasteiger partial charge in [-0.3, -0.25) is 4.79 Å². The minimum atomic E-state index is -0.383. The Hall–Kier alpha value is -0.930. The molecule has 1 heterocycles. The molecule has 20 heavy (non-hydrogen) atoms. The standard InChI is InChI=1S/C16H21ClFNO/c1-2-5-16(6-8-19-9-7-16)15(20)10-12-3-4-13(17)11-14(12)18/h3-4,11,19H,2,5-10H2,1H3. The molecule has 1 aliphatic rings. The fourth-order valence-electron chi connectivity index (χ4n) is 3.08. The predicted molar refractivity (Wildman–Crippen MR) is 79.6 cm³/mol. The van der Waals surface area contributed by atoms with Crippen LogP contribution in [0.5, 0.6) is 0 Å². The van der Waals surface area contributed by atoms with Gasteiger partial charge in [0, 0.05) is 16.9 Å². The summed E-state index contributed by atoms with van der Waals surface area (Å²) in [6.07, 6.45) is 3.75. The summed E-state index contributed by atoms with van der Waals surface area (Å²) in [6.45, 7) is 3.84. The highest BCUT2D eigenvalue weighted by Gasteiger charge is 2.38. The monoisotopic (exact) mass is 297 g/mol. The molecule has 1 N–H and O–H groups in total. The average molecular weight is 298 g/mol. The molecular weight excluding hydrogens is 277 g/mol. The van der Waals surface area contributed by atoms with Gasteiger partial charge >= 0.3 is 0 Å². The van der Waals surface area contributed by atoms with Gasteiger partial charge in [0.05, 0.1) is 0 Å². The maximum Gasteiger partial charge on any atom is 0.143 e. The maximum atomic E-state index is 13.8. The van der Waals surface area contributed by atoms with Gasteiger partial charge < -0.3 is 5.32 Å². The first-order chi connectivity index (χ1) is 9.57. The second-order valence-corrected chi connectivity index (χ2v) is 6.05. The summed E-state index contributed by atoms with van der Waals surface area (Å²) < 4.78 is 13.8. The van der Waals surface area contributed by atoms with Crippen LogP contribution < -0.4 is 5.32 Å². The SMILES string of the molecule is CCCC1(C(=O)Cc2ccc(Cl)cc2F)CCNCC1. The van der Waals surface area contributed by atoms with Gasteiger partial charge in [-0.25, -0.2) is 4.39 Å². The van der Waals surface area contributed by atoms with Crippen LogP contribution in [0.2, 0.25) is 5.02 Å². The number of rotatable bonds is 5. The summed E-state index contributed by atoms with van der Waals surface area (Å²) in [5, 5.41) is 3.66. The van der Waals surface area contributed by atoms with Crippen molar-refractivity contribution in [3.05, 3.63) is 34.6 Å². The third kappa shape index (κ3) is 3.39. The number of nitrogens with one attached hydrogen (secondary N) is 1. The van der Waals surface area contributed by atoms with Crippen LogP contribution in [0.3, 0.4) is 0 Å². The second-order valence-electron chi connectivity index (χ2n) is 5.62. The molecule has 0 spiro atoms. The summed E-state index contributed by atoms with van der Waals surface area (Å²) in [7, 11) is 0. The number of carbonyl (C=O) groups is 1. The Morgan fingerprint density at radius 1 is 1.40 bits per heavy atom. The molecule has 1 aromatic carbocycles. The molecule has 0 atom stereocenters. The Morgan fingerprint density at radius 2 is 2.10 bits per heavy atom. The Bertz CT molecular complexity index is 478. The van der Waals surface area contributed by atoms with Crippen molar-refractivity contribution in [2.24, 2.45) is 5.41 Å². The van der Waals surface area contributed by atoms with Crippen LogP contribution >= 0.6 is 11.6 Å². The van der Waals surface area contributed by atoms with Gasteiger partial charge in [0.15, 0.2) is 0 Å². The van der Waals surface area contributed by atoms with Crippen molar-refractivity contribution in [3.8, 4) is 0 Å². The Kier molecular flexibility index (Phi) is 5.17. The van der Waals surface area contributed by atoms with Gasteiger partial charge in [-0.1, -0.05) is 31.0 Å². The Morgan fingerprint density at radius 3 is 2.70 bits per heavy atom. The lowest BCUT2D eigenvalue weighted by atomic mass is 9.70. The van der Waals surface area contributed by atoms with E-state index >= 15 is 0 Å². The fraction of sp³-hybridized carbons (Fsp3) is 0.562. The van der Waals surface area contributed by atoms with Gasteiger partial charge in [-0.2, -0.15) is 0 Å². The Labute approximate surface area is 124 Å². The predicted octanol–water partition coefficient (Wildman–Crippen LogP) is 3.76. The summed E-state index contributed by atoms with van der Waals surface area (Å²) in [6, 6.07) is 4.54. The van der Waals surface area contributed by atoms with E-state index in [1.54, 1.807) is 12.1 Å². The van der Waals surface area contributed by atoms with E-state index < -0.39 is 0 Å². The molecule has 1 aromatic rings. The number of carbonyl (C=O) groups excluding carboxylic acids is 1. The molecule has 4 heteroatoms. The third-order valence-electron chi connectivity index (χ3n) is 4.25. The number of piperidine rings is 1. The van der Waals surface area contributed by atoms with Crippen molar-refractivity contribution in [1.82, 2.24) is 5.32 Å². The van der Waals surface area contributed by atoms with E-state index in [1.807, 2.05) is 0 Å². The second kappa shape index (κ2) is 6.68. The zero-order chi connectivity index (χ0) is 14.6. The highest BCUT2D eigenvalue weighted by molar-refractivity contribution is 6.30. The van der Waals surface area contributed by atoms with Gasteiger partial charge in [0.25, 0.3) is 0 Å². The minimum absolute atomic E-state index is 0.169. The largest absolute Gasteiger partial charge is 0.317 e. The highest BCUT2D eigenvalue weighted by Crippen LogP contribution is 2.36. The molecule has 0 saturated carbocycles. The van der Waals surface area contributed by atoms with E-state index in [4.69, 9.17) is 11.6 Å². The van der Waals surface area contributed by atoms with Crippen molar-refractivity contribution < 1.29 is 9.18 Å². The quantitative estimate of drug-likeness (QED) is 0.896. The van der Waals surface area contributed by atoms with E-state index in [9.17, 15) is 9.18 Å². The average Bonchev–Trinajstić information content (AvgIpc) is 2.43. The Balaban J connectivity index is 2.15. The highest BCUT2D eigenvalue weighted by atomic mass is 35.5. The number of halogens is 2. The van der Waals surface area contributed by atoms with E-state index in [0.29, 0.717) is 10.6 Å². The van der Waals surface area contributed by atoms with Crippen LogP contribution in [0.25, 0.3) is 0 Å². The van der Waals surface area contributed by atoms with Crippen LogP contribution in [0.15, 0.2) is 18.2 Å². The third-order valence-corrected chi connectivity index (χ3v) is 4.48. The van der Waals surface area contributed by atoms with Gasteiger partial charge in [0.1, 0.15) is 11.6 Å². The van der Waals surface area contributed by atoms with Gasteiger partial charge in [-0.15, -0.1) is 0 Å². The minimum Gasteiger partial charge on any atom is -0.317 e. The van der Waals surface area contributed by atoms with E-state index in [0.717, 1.165) is 38.8 Å². The topological polar surface area (TPSA) is 29.1 Å². The molecule has 0 radical (unpaired) electrons. The van der Waals surface area contributed by atoms with E-state index in [2.05, 4.69) is 12.2 Å². The molecule has 0 aromatic heterocycles. The smallest absolute Gasteiger partial charge is 0.143 e. The molecule has 1 aliphatic heterocycles. The molecule has 0 unspecified atom stereocenters. The number of hydrogen-bond acceptors (Lipinski definition) is 2. The van der Waals surface area contributed by atoms with Crippen LogP contribution in [0, 0.1) is 11.2 Å². The number of ketones is 1. The first-order valence-corrected chi connectivity index (χ1v) is 7.63. The summed E-state index contributed by atoms with van der Waals surface area (Å²) >= 11 is 5.75. The van der Waals surface area contributed by atoms with Crippen LogP contribution in [-0.2, 0) is 11.2 Å². The lowest BCUT2D eigenvalue weighted by molar-refractivity contribution is -0.130. The van der Waals surface area contributed by atoms with Crippen molar-refractivity contribution in [1.29, 1.82) is 0 Å². The molecule has 1 saturated heterocycles. The molecule has 0 bridgehead atoms. The number of hydrogen-bond donors (Lipinski definition) is 1. The maximum absolute atomic E-state index is 13.8. The first kappa shape index (κ1) is 15.5. The molecule has 0 aliphatic carbocycles. The molecule has 0 amide bonds. The zero-order valence-electron chi connectivity index (χ0n) is 11.8. The molecule has 110 valence electrons. The van der Waals surface area contributed by atoms with Crippen molar-refractivity contribution in [2.45, 2.75) is 39.0 Å². The van der Waals surface area contributed by atoms with E-state index in [1.165, 1.54) is 6.07 Å². The van der Waals surface area contributed by atoms with E-state index in [-0.39, 0.29) is 23.4 Å². The normalized spacial score (nSPS) is 17.9. The number of benzene rings is 1. The van der Waals surface area contributed by atoms with Crippen LogP contribution in [-0.4, -0.2) is 18.9 Å². The number of Topliss-reactive ketones (excluding diaryl/α,β-unsaturated/α-hetero) is 1. The molecule has 1 fully saturated rings. The lowest BCUT2D eigenvalue weighted by Crippen LogP contribution is -2.42. The summed E-state index contributed by atoms with van der Waals surface area (Å²) in [4.78, 5) is 12.7. The zero-order valence-corrected chi connectivity index (χ0v) is 12.6. The van der Waals surface area contributed by atoms with Crippen molar-refractivity contribution in [3.63, 3.8) is 0 Å². The lowest BCUT2D eigenvalue weighted by Gasteiger charge is -2.36. The molecule has 2 rings (SSSR count). The van der Waals surface area contributed by atoms with Crippen molar-refractivity contribution >= 4 is 17.4 Å². The summed E-state index contributed by atoms with van der Waals surface area (Å²) in [5.41, 5.74) is 0.180. The van der Waals surface area contributed by atoms with Gasteiger partial charge in [-0.05, 0) is 50.0 Å². The first-order valence-electron chi connectivity index (χ1n) is 7.25. The fourth-order valence-corrected chi connectivity index (χ4v) is 3.24. The summed E-state index contributed by atoms with van der Waals surface area (Å²) in [5.74, 6) is -0.214. The molecular formula is C16H21ClFNO.